The van der Waals surface area contributed by atoms with E-state index in [0.29, 0.717) is 27.3 Å². The van der Waals surface area contributed by atoms with E-state index in [-0.39, 0.29) is 11.5 Å². The van der Waals surface area contributed by atoms with Gasteiger partial charge < -0.3 is 15.1 Å². The molecule has 1 aliphatic heterocycles. The fraction of sp³-hybridized carbons (Fsp3) is 0.296. The van der Waals surface area contributed by atoms with Gasteiger partial charge in [0.1, 0.15) is 27.8 Å². The van der Waals surface area contributed by atoms with E-state index in [1.165, 1.54) is 30.6 Å². The molecule has 0 saturated carbocycles. The van der Waals surface area contributed by atoms with Gasteiger partial charge in [-0.25, -0.2) is 24.8 Å². The number of hydrogen-bond donors (Lipinski definition) is 2. The number of amides is 2. The second-order valence-corrected chi connectivity index (χ2v) is 10.3. The van der Waals surface area contributed by atoms with Crippen LogP contribution in [-0.2, 0) is 16.2 Å². The fourth-order valence-electron chi connectivity index (χ4n) is 4.45. The molecule has 1 fully saturated rings. The van der Waals surface area contributed by atoms with Crippen LogP contribution in [0.3, 0.4) is 0 Å². The van der Waals surface area contributed by atoms with Crippen molar-refractivity contribution >= 4 is 56.0 Å². The highest BCUT2D eigenvalue weighted by Gasteiger charge is 2.19. The first-order chi connectivity index (χ1) is 19.3. The van der Waals surface area contributed by atoms with Crippen molar-refractivity contribution in [3.63, 3.8) is 0 Å². The van der Waals surface area contributed by atoms with Gasteiger partial charge in [-0.05, 0) is 48.0 Å². The number of hydrogen-bond acceptors (Lipinski definition) is 10. The maximum atomic E-state index is 14.2. The van der Waals surface area contributed by atoms with Crippen molar-refractivity contribution in [3.05, 3.63) is 65.6 Å². The number of hydroxylamine groups is 1. The summed E-state index contributed by atoms with van der Waals surface area (Å²) in [4.78, 5) is 48.8. The molecule has 2 amide bonds. The number of carbonyl (C=O) groups is 2. The number of benzene rings is 1. The van der Waals surface area contributed by atoms with Gasteiger partial charge in [0.2, 0.25) is 5.91 Å². The number of carbonyl (C=O) groups excluding carboxylic acids is 2. The highest BCUT2D eigenvalue weighted by atomic mass is 32.1. The second kappa shape index (κ2) is 11.9. The van der Waals surface area contributed by atoms with E-state index in [0.717, 1.165) is 43.8 Å². The van der Waals surface area contributed by atoms with Crippen molar-refractivity contribution in [2.24, 2.45) is 0 Å². The maximum Gasteiger partial charge on any atom is 0.277 e. The van der Waals surface area contributed by atoms with Crippen LogP contribution in [0.25, 0.3) is 10.3 Å². The number of nitrogens with zero attached hydrogens (tertiary/aromatic N) is 6. The third-order valence-corrected chi connectivity index (χ3v) is 7.52. The molecule has 2 N–H and O–H groups in total. The topological polar surface area (TPSA) is 116 Å². The van der Waals surface area contributed by atoms with Crippen LogP contribution in [0.5, 0.6) is 0 Å². The molecule has 0 spiro atoms. The Labute approximate surface area is 234 Å². The molecule has 0 radical (unpaired) electrons. The first-order valence-corrected chi connectivity index (χ1v) is 13.5. The van der Waals surface area contributed by atoms with Gasteiger partial charge in [0, 0.05) is 58.6 Å². The van der Waals surface area contributed by atoms with E-state index >= 15 is 0 Å². The van der Waals surface area contributed by atoms with Crippen molar-refractivity contribution < 1.29 is 18.8 Å². The van der Waals surface area contributed by atoms with E-state index in [1.807, 2.05) is 29.2 Å². The van der Waals surface area contributed by atoms with Gasteiger partial charge in [0.15, 0.2) is 5.13 Å². The average molecular weight is 565 g/mol. The van der Waals surface area contributed by atoms with Gasteiger partial charge in [0.25, 0.3) is 5.91 Å². The minimum Gasteiger partial charge on any atom is -0.340 e. The SMILES string of the molecule is CONC(=O)c1cc(N(C)c2ccc3nc(Nc4cc(CN5CCN(C(C)=O)CC5)ccn4)sc3n2)ccc1F. The van der Waals surface area contributed by atoms with Gasteiger partial charge in [-0.2, -0.15) is 0 Å². The van der Waals surface area contributed by atoms with E-state index in [9.17, 15) is 14.0 Å². The third-order valence-electron chi connectivity index (χ3n) is 6.64. The van der Waals surface area contributed by atoms with Gasteiger partial charge in [-0.1, -0.05) is 11.3 Å². The summed E-state index contributed by atoms with van der Waals surface area (Å²) in [6.45, 7) is 5.55. The molecule has 1 saturated heterocycles. The number of thiazole rings is 1. The Kier molecular flexibility index (Phi) is 8.14. The monoisotopic (exact) mass is 564 g/mol. The van der Waals surface area contributed by atoms with Gasteiger partial charge in [-0.15, -0.1) is 0 Å². The molecule has 0 unspecified atom stereocenters. The lowest BCUT2D eigenvalue weighted by molar-refractivity contribution is -0.130. The summed E-state index contributed by atoms with van der Waals surface area (Å²) in [6, 6.07) is 11.9. The molecule has 0 atom stereocenters. The van der Waals surface area contributed by atoms with E-state index in [4.69, 9.17) is 4.98 Å². The second-order valence-electron chi connectivity index (χ2n) is 9.33. The lowest BCUT2D eigenvalue weighted by atomic mass is 10.1. The predicted molar refractivity (Wildman–Crippen MR) is 151 cm³/mol. The number of fused-ring (bicyclic) bond motifs is 1. The Balaban J connectivity index is 1.28. The molecule has 1 aliphatic rings. The normalized spacial score (nSPS) is 13.8. The summed E-state index contributed by atoms with van der Waals surface area (Å²) in [5.41, 5.74) is 4.43. The Morgan fingerprint density at radius 2 is 1.90 bits per heavy atom. The van der Waals surface area contributed by atoms with Crippen LogP contribution in [0.15, 0.2) is 48.7 Å². The van der Waals surface area contributed by atoms with E-state index in [2.05, 4.69) is 30.5 Å². The maximum absolute atomic E-state index is 14.2. The Bertz CT molecular complexity index is 1540. The molecule has 40 heavy (non-hydrogen) atoms. The van der Waals surface area contributed by atoms with Crippen LogP contribution >= 0.6 is 11.3 Å². The summed E-state index contributed by atoms with van der Waals surface area (Å²) in [7, 11) is 3.07. The first-order valence-electron chi connectivity index (χ1n) is 12.6. The number of anilines is 4. The number of halogens is 1. The zero-order valence-corrected chi connectivity index (χ0v) is 23.2. The summed E-state index contributed by atoms with van der Waals surface area (Å²) >= 11 is 1.39. The van der Waals surface area contributed by atoms with Gasteiger partial charge >= 0.3 is 0 Å². The van der Waals surface area contributed by atoms with Crippen molar-refractivity contribution in [2.45, 2.75) is 13.5 Å². The molecule has 3 aromatic heterocycles. The smallest absolute Gasteiger partial charge is 0.277 e. The highest BCUT2D eigenvalue weighted by Crippen LogP contribution is 2.31. The van der Waals surface area contributed by atoms with Crippen LogP contribution < -0.4 is 15.7 Å². The van der Waals surface area contributed by atoms with Crippen LogP contribution in [0.4, 0.5) is 26.8 Å². The zero-order chi connectivity index (χ0) is 28.2. The van der Waals surface area contributed by atoms with Gasteiger partial charge in [0.05, 0.1) is 12.7 Å². The number of nitrogens with one attached hydrogen (secondary N) is 2. The van der Waals surface area contributed by atoms with Crippen LogP contribution in [-0.4, -0.2) is 76.9 Å². The van der Waals surface area contributed by atoms with Crippen LogP contribution in [0, 0.1) is 5.82 Å². The largest absolute Gasteiger partial charge is 0.340 e. The summed E-state index contributed by atoms with van der Waals surface area (Å²) in [5.74, 6) is 0.0872. The van der Waals surface area contributed by atoms with Crippen molar-refractivity contribution in [3.8, 4) is 0 Å². The Morgan fingerprint density at radius 1 is 1.10 bits per heavy atom. The number of pyridine rings is 2. The van der Waals surface area contributed by atoms with E-state index < -0.39 is 11.7 Å². The summed E-state index contributed by atoms with van der Waals surface area (Å²) in [5, 5.41) is 3.94. The lowest BCUT2D eigenvalue weighted by Gasteiger charge is -2.34. The van der Waals surface area contributed by atoms with Crippen LogP contribution in [0.2, 0.25) is 0 Å². The summed E-state index contributed by atoms with van der Waals surface area (Å²) in [6.07, 6.45) is 1.77. The zero-order valence-electron chi connectivity index (χ0n) is 22.3. The molecular weight excluding hydrogens is 535 g/mol. The fourth-order valence-corrected chi connectivity index (χ4v) is 5.29. The molecule has 1 aromatic carbocycles. The third kappa shape index (κ3) is 6.17. The molecule has 13 heteroatoms. The minimum atomic E-state index is -0.676. The summed E-state index contributed by atoms with van der Waals surface area (Å²) < 4.78 is 14.2. The molecule has 208 valence electrons. The van der Waals surface area contributed by atoms with Crippen molar-refractivity contribution in [1.29, 1.82) is 0 Å². The molecule has 5 rings (SSSR count). The van der Waals surface area contributed by atoms with E-state index in [1.54, 1.807) is 31.1 Å². The standard InChI is InChI=1S/C27H29FN8O3S/c1-17(37)36-12-10-35(11-13-36)16-18-8-9-29-23(14-18)31-27-30-22-6-7-24(32-26(22)40-27)34(2)19-4-5-21(28)20(15-19)25(38)33-39-3/h4-9,14-15H,10-13,16H2,1-3H3,(H,33,38)(H,29,30,31). The molecule has 0 bridgehead atoms. The molecule has 4 aromatic rings. The Hall–Kier alpha value is -4.20. The van der Waals surface area contributed by atoms with Crippen molar-refractivity contribution in [2.75, 3.05) is 50.6 Å². The number of aromatic nitrogens is 3. The molecule has 4 heterocycles. The molecule has 11 nitrogen and oxygen atoms in total. The molecule has 0 aliphatic carbocycles. The first kappa shape index (κ1) is 27.4. The number of rotatable bonds is 8. The minimum absolute atomic E-state index is 0.121. The predicted octanol–water partition coefficient (Wildman–Crippen LogP) is 3.69. The average Bonchev–Trinajstić information content (AvgIpc) is 3.35. The highest BCUT2D eigenvalue weighted by molar-refractivity contribution is 7.21. The van der Waals surface area contributed by atoms with Crippen LogP contribution in [0.1, 0.15) is 22.8 Å². The quantitative estimate of drug-likeness (QED) is 0.309. The van der Waals surface area contributed by atoms with Gasteiger partial charge in [-0.3, -0.25) is 19.3 Å². The molecular formula is C27H29FN8O3S. The lowest BCUT2D eigenvalue weighted by Crippen LogP contribution is -2.47. The van der Waals surface area contributed by atoms with Crippen molar-refractivity contribution in [1.82, 2.24) is 30.2 Å². The number of piperazine rings is 1. The Morgan fingerprint density at radius 3 is 2.65 bits per heavy atom.